The van der Waals surface area contributed by atoms with Crippen LogP contribution in [0.3, 0.4) is 0 Å². The van der Waals surface area contributed by atoms with E-state index in [9.17, 15) is 9.59 Å². The molecule has 0 spiro atoms. The van der Waals surface area contributed by atoms with Crippen LogP contribution in [-0.2, 0) is 20.9 Å². The normalized spacial score (nSPS) is 11.0. The van der Waals surface area contributed by atoms with Crippen LogP contribution >= 0.6 is 0 Å². The molecule has 0 aliphatic carbocycles. The van der Waals surface area contributed by atoms with Crippen molar-refractivity contribution in [1.29, 1.82) is 0 Å². The summed E-state index contributed by atoms with van der Waals surface area (Å²) in [6.45, 7) is 2.83. The first-order valence-corrected chi connectivity index (χ1v) is 6.40. The zero-order valence-corrected chi connectivity index (χ0v) is 11.8. The van der Waals surface area contributed by atoms with Gasteiger partial charge in [-0.15, -0.1) is 0 Å². The van der Waals surface area contributed by atoms with Crippen molar-refractivity contribution in [3.05, 3.63) is 47.5 Å². The number of amides is 1. The van der Waals surface area contributed by atoms with E-state index in [2.05, 4.69) is 15.4 Å². The number of nitrogens with one attached hydrogen (secondary N) is 2. The van der Waals surface area contributed by atoms with Gasteiger partial charge in [-0.25, -0.2) is 4.79 Å². The Morgan fingerprint density at radius 3 is 2.60 bits per heavy atom. The quantitative estimate of drug-likeness (QED) is 0.443. The molecule has 0 aliphatic heterocycles. The second kappa shape index (κ2) is 8.87. The second-order valence-corrected chi connectivity index (χ2v) is 4.27. The van der Waals surface area contributed by atoms with Gasteiger partial charge in [0.05, 0.1) is 13.7 Å². The van der Waals surface area contributed by atoms with Gasteiger partial charge in [0.1, 0.15) is 0 Å². The average Bonchev–Trinajstić information content (AvgIpc) is 2.49. The van der Waals surface area contributed by atoms with E-state index in [4.69, 9.17) is 0 Å². The topological polar surface area (TPSA) is 67.4 Å². The first kappa shape index (κ1) is 15.9. The average molecular weight is 276 g/mol. The van der Waals surface area contributed by atoms with Gasteiger partial charge in [0.25, 0.3) is 0 Å². The van der Waals surface area contributed by atoms with Crippen molar-refractivity contribution >= 4 is 11.9 Å². The summed E-state index contributed by atoms with van der Waals surface area (Å²) in [5.41, 5.74) is 1.58. The Bertz CT molecular complexity index is 469. The maximum atomic E-state index is 11.6. The lowest BCUT2D eigenvalue weighted by atomic mass is 10.2. The number of hydrogen-bond donors (Lipinski definition) is 2. The van der Waals surface area contributed by atoms with E-state index < -0.39 is 0 Å². The van der Waals surface area contributed by atoms with Crippen LogP contribution in [0.1, 0.15) is 12.5 Å². The van der Waals surface area contributed by atoms with E-state index in [1.807, 2.05) is 30.3 Å². The molecule has 0 atom stereocenters. The minimum atomic E-state index is -0.361. The first-order valence-electron chi connectivity index (χ1n) is 6.40. The lowest BCUT2D eigenvalue weighted by Crippen LogP contribution is -2.33. The molecule has 5 nitrogen and oxygen atoms in total. The lowest BCUT2D eigenvalue weighted by Gasteiger charge is -2.06. The van der Waals surface area contributed by atoms with Gasteiger partial charge < -0.3 is 15.4 Å². The van der Waals surface area contributed by atoms with E-state index >= 15 is 0 Å². The van der Waals surface area contributed by atoms with Crippen LogP contribution in [0.4, 0.5) is 0 Å². The van der Waals surface area contributed by atoms with Crippen LogP contribution in [0.2, 0.25) is 0 Å². The monoisotopic (exact) mass is 276 g/mol. The third-order valence-corrected chi connectivity index (χ3v) is 2.68. The molecule has 0 radical (unpaired) electrons. The van der Waals surface area contributed by atoms with Gasteiger partial charge in [-0.3, -0.25) is 4.79 Å². The van der Waals surface area contributed by atoms with Crippen molar-refractivity contribution in [3.8, 4) is 0 Å². The largest absolute Gasteiger partial charge is 0.466 e. The van der Waals surface area contributed by atoms with Gasteiger partial charge in [0.2, 0.25) is 5.91 Å². The fourth-order valence-electron chi connectivity index (χ4n) is 1.51. The summed E-state index contributed by atoms with van der Waals surface area (Å²) in [5, 5.41) is 5.74. The fourth-order valence-corrected chi connectivity index (χ4v) is 1.51. The molecule has 1 rings (SSSR count). The molecule has 108 valence electrons. The molecular formula is C15H20N2O3. The Balaban J connectivity index is 2.19. The number of benzene rings is 1. The van der Waals surface area contributed by atoms with Gasteiger partial charge >= 0.3 is 5.97 Å². The number of hydrogen-bond acceptors (Lipinski definition) is 4. The number of carbonyl (C=O) groups excluding carboxylic acids is 2. The SMILES string of the molecule is COC(=O)/C(C)=C/CNCC(=O)NCc1ccccc1. The highest BCUT2D eigenvalue weighted by Crippen LogP contribution is 1.96. The Morgan fingerprint density at radius 2 is 1.95 bits per heavy atom. The minimum Gasteiger partial charge on any atom is -0.466 e. The minimum absolute atomic E-state index is 0.0852. The highest BCUT2D eigenvalue weighted by molar-refractivity contribution is 5.87. The summed E-state index contributed by atoms with van der Waals surface area (Å²) in [7, 11) is 1.34. The van der Waals surface area contributed by atoms with Crippen LogP contribution < -0.4 is 10.6 Å². The van der Waals surface area contributed by atoms with Crippen molar-refractivity contribution in [3.63, 3.8) is 0 Å². The third kappa shape index (κ3) is 6.15. The van der Waals surface area contributed by atoms with Gasteiger partial charge in [-0.1, -0.05) is 36.4 Å². The zero-order valence-electron chi connectivity index (χ0n) is 11.8. The van der Waals surface area contributed by atoms with Crippen LogP contribution in [0.15, 0.2) is 42.0 Å². The van der Waals surface area contributed by atoms with Crippen molar-refractivity contribution in [2.75, 3.05) is 20.2 Å². The summed E-state index contributed by atoms with van der Waals surface area (Å²) < 4.78 is 4.56. The predicted molar refractivity (Wildman–Crippen MR) is 76.9 cm³/mol. The maximum Gasteiger partial charge on any atom is 0.333 e. The number of methoxy groups -OCH3 is 1. The third-order valence-electron chi connectivity index (χ3n) is 2.68. The Hall–Kier alpha value is -2.14. The molecule has 0 saturated carbocycles. The number of ether oxygens (including phenoxy) is 1. The first-order chi connectivity index (χ1) is 9.63. The molecule has 0 bridgehead atoms. The molecule has 20 heavy (non-hydrogen) atoms. The number of rotatable bonds is 7. The van der Waals surface area contributed by atoms with Gasteiger partial charge in [0.15, 0.2) is 0 Å². The second-order valence-electron chi connectivity index (χ2n) is 4.27. The molecule has 0 unspecified atom stereocenters. The maximum absolute atomic E-state index is 11.6. The number of carbonyl (C=O) groups is 2. The molecular weight excluding hydrogens is 256 g/mol. The van der Waals surface area contributed by atoms with Gasteiger partial charge in [-0.05, 0) is 12.5 Å². The van der Waals surface area contributed by atoms with Crippen LogP contribution in [0.5, 0.6) is 0 Å². The van der Waals surface area contributed by atoms with Crippen molar-refractivity contribution < 1.29 is 14.3 Å². The molecule has 1 aromatic carbocycles. The molecule has 0 heterocycles. The van der Waals surface area contributed by atoms with E-state index in [1.54, 1.807) is 13.0 Å². The molecule has 0 fully saturated rings. The van der Waals surface area contributed by atoms with Crippen molar-refractivity contribution in [1.82, 2.24) is 10.6 Å². The zero-order chi connectivity index (χ0) is 14.8. The van der Waals surface area contributed by atoms with E-state index in [1.165, 1.54) is 7.11 Å². The fraction of sp³-hybridized carbons (Fsp3) is 0.333. The Labute approximate surface area is 119 Å². The Morgan fingerprint density at radius 1 is 1.25 bits per heavy atom. The van der Waals surface area contributed by atoms with Crippen LogP contribution in [0.25, 0.3) is 0 Å². The summed E-state index contributed by atoms with van der Waals surface area (Å²) >= 11 is 0. The highest BCUT2D eigenvalue weighted by Gasteiger charge is 2.02. The van der Waals surface area contributed by atoms with E-state index in [0.717, 1.165) is 5.56 Å². The highest BCUT2D eigenvalue weighted by atomic mass is 16.5. The van der Waals surface area contributed by atoms with E-state index in [0.29, 0.717) is 18.7 Å². The predicted octanol–water partition coefficient (Wildman–Crippen LogP) is 1.01. The van der Waals surface area contributed by atoms with Crippen molar-refractivity contribution in [2.45, 2.75) is 13.5 Å². The lowest BCUT2D eigenvalue weighted by molar-refractivity contribution is -0.136. The molecule has 0 aromatic heterocycles. The van der Waals surface area contributed by atoms with Gasteiger partial charge in [0, 0.05) is 18.7 Å². The van der Waals surface area contributed by atoms with Crippen molar-refractivity contribution in [2.24, 2.45) is 0 Å². The smallest absolute Gasteiger partial charge is 0.333 e. The summed E-state index contributed by atoms with van der Waals surface area (Å²) in [4.78, 5) is 22.7. The molecule has 1 amide bonds. The van der Waals surface area contributed by atoms with Crippen LogP contribution in [-0.4, -0.2) is 32.1 Å². The summed E-state index contributed by atoms with van der Waals surface area (Å²) in [6.07, 6.45) is 1.69. The van der Waals surface area contributed by atoms with E-state index in [-0.39, 0.29) is 18.4 Å². The van der Waals surface area contributed by atoms with Gasteiger partial charge in [-0.2, -0.15) is 0 Å². The Kier molecular flexibility index (Phi) is 7.06. The molecule has 0 aliphatic rings. The number of esters is 1. The standard InChI is InChI=1S/C15H20N2O3/c1-12(15(19)20-2)8-9-16-11-14(18)17-10-13-6-4-3-5-7-13/h3-8,16H,9-11H2,1-2H3,(H,17,18)/b12-8+. The summed E-state index contributed by atoms with van der Waals surface area (Å²) in [5.74, 6) is -0.446. The van der Waals surface area contributed by atoms with Crippen LogP contribution in [0, 0.1) is 0 Å². The molecule has 5 heteroatoms. The molecule has 2 N–H and O–H groups in total. The summed E-state index contributed by atoms with van der Waals surface area (Å²) in [6, 6.07) is 9.70. The molecule has 1 aromatic rings. The molecule has 0 saturated heterocycles.